The molecule has 3 nitrogen and oxygen atoms in total. The summed E-state index contributed by atoms with van der Waals surface area (Å²) in [5.41, 5.74) is 1.19. The Balaban J connectivity index is 3.40. The predicted octanol–water partition coefficient (Wildman–Crippen LogP) is 5.69. The summed E-state index contributed by atoms with van der Waals surface area (Å²) in [7, 11) is -2.69. The number of hydrogen-bond donors (Lipinski definition) is 0. The highest BCUT2D eigenvalue weighted by atomic mass is 31.2. The first-order valence-electron chi connectivity index (χ1n) is 6.30. The van der Waals surface area contributed by atoms with E-state index in [1.165, 1.54) is 0 Å². The zero-order chi connectivity index (χ0) is 15.6. The van der Waals surface area contributed by atoms with Crippen LogP contribution >= 0.6 is 8.60 Å². The highest BCUT2D eigenvalue weighted by molar-refractivity contribution is 7.41. The Bertz CT molecular complexity index is 416. The van der Waals surface area contributed by atoms with Gasteiger partial charge in [-0.25, -0.2) is 0 Å². The molecule has 6 heteroatoms. The Morgan fingerprint density at radius 1 is 0.850 bits per heavy atom. The SMILES string of the molecule is CC(C)(C)c1cccc(C(C)(C)C)c1OP(OF)OF. The lowest BCUT2D eigenvalue weighted by molar-refractivity contribution is -0.0860. The molecule has 0 spiro atoms. The third-order valence-corrected chi connectivity index (χ3v) is 3.47. The molecule has 1 aromatic carbocycles. The molecule has 20 heavy (non-hydrogen) atoms. The predicted molar refractivity (Wildman–Crippen MR) is 75.8 cm³/mol. The van der Waals surface area contributed by atoms with Gasteiger partial charge in [-0.2, -0.15) is 0 Å². The van der Waals surface area contributed by atoms with Crippen molar-refractivity contribution in [3.63, 3.8) is 0 Å². The van der Waals surface area contributed by atoms with E-state index < -0.39 is 8.60 Å². The van der Waals surface area contributed by atoms with E-state index in [4.69, 9.17) is 4.52 Å². The summed E-state index contributed by atoms with van der Waals surface area (Å²) < 4.78 is 36.5. The van der Waals surface area contributed by atoms with Crippen molar-refractivity contribution in [2.75, 3.05) is 0 Å². The lowest BCUT2D eigenvalue weighted by atomic mass is 9.80. The summed E-state index contributed by atoms with van der Waals surface area (Å²) in [6.45, 7) is 12.0. The Hall–Kier alpha value is -0.770. The topological polar surface area (TPSA) is 27.7 Å². The highest BCUT2D eigenvalue weighted by Gasteiger charge is 2.30. The molecule has 0 atom stereocenters. The van der Waals surface area contributed by atoms with Crippen molar-refractivity contribution in [2.45, 2.75) is 52.4 Å². The molecule has 0 unspecified atom stereocenters. The normalized spacial score (nSPS) is 12.8. The van der Waals surface area contributed by atoms with E-state index in [-0.39, 0.29) is 10.8 Å². The molecule has 0 amide bonds. The van der Waals surface area contributed by atoms with E-state index in [0.717, 1.165) is 11.1 Å². The van der Waals surface area contributed by atoms with E-state index in [2.05, 4.69) is 9.46 Å². The summed E-state index contributed by atoms with van der Waals surface area (Å²) in [6.07, 6.45) is 0. The van der Waals surface area contributed by atoms with Crippen molar-refractivity contribution in [3.8, 4) is 5.75 Å². The first-order chi connectivity index (χ1) is 9.11. The molecule has 0 N–H and O–H groups in total. The molecule has 0 aromatic heterocycles. The number of benzene rings is 1. The summed E-state index contributed by atoms with van der Waals surface area (Å²) in [5, 5.41) is 0. The number of rotatable bonds is 4. The van der Waals surface area contributed by atoms with Gasteiger partial charge in [0.1, 0.15) is 5.75 Å². The van der Waals surface area contributed by atoms with Gasteiger partial charge in [0.15, 0.2) is 0 Å². The minimum absolute atomic E-state index is 0.246. The molecule has 1 aromatic rings. The molecule has 0 bridgehead atoms. The van der Waals surface area contributed by atoms with Crippen molar-refractivity contribution in [2.24, 2.45) is 0 Å². The van der Waals surface area contributed by atoms with Crippen molar-refractivity contribution >= 4 is 8.60 Å². The van der Waals surface area contributed by atoms with E-state index in [0.29, 0.717) is 5.75 Å². The Morgan fingerprint density at radius 2 is 1.25 bits per heavy atom. The molecular formula is C14H21F2O3P. The number of halogens is 2. The first kappa shape index (κ1) is 17.3. The second kappa shape index (κ2) is 6.33. The molecule has 0 fully saturated rings. The van der Waals surface area contributed by atoms with Crippen molar-refractivity contribution in [1.82, 2.24) is 0 Å². The second-order valence-electron chi connectivity index (χ2n) is 6.64. The zero-order valence-corrected chi connectivity index (χ0v) is 13.6. The van der Waals surface area contributed by atoms with Crippen molar-refractivity contribution in [1.29, 1.82) is 0 Å². The lowest BCUT2D eigenvalue weighted by Gasteiger charge is -2.29. The Labute approximate surface area is 120 Å². The third-order valence-electron chi connectivity index (χ3n) is 2.91. The smallest absolute Gasteiger partial charge is 0.423 e. The first-order valence-corrected chi connectivity index (χ1v) is 7.40. The van der Waals surface area contributed by atoms with E-state index >= 15 is 0 Å². The summed E-state index contributed by atoms with van der Waals surface area (Å²) in [6, 6.07) is 5.64. The molecule has 0 saturated heterocycles. The average Bonchev–Trinajstić information content (AvgIpc) is 2.33. The van der Waals surface area contributed by atoms with Gasteiger partial charge in [0, 0.05) is 11.1 Å². The molecule has 0 heterocycles. The van der Waals surface area contributed by atoms with Crippen LogP contribution in [0.25, 0.3) is 0 Å². The van der Waals surface area contributed by atoms with Gasteiger partial charge in [0.2, 0.25) is 0 Å². The van der Waals surface area contributed by atoms with Crippen LogP contribution in [0, 0.1) is 0 Å². The lowest BCUT2D eigenvalue weighted by Crippen LogP contribution is -2.18. The van der Waals surface area contributed by atoms with E-state index in [1.54, 1.807) is 0 Å². The van der Waals surface area contributed by atoms with Gasteiger partial charge in [-0.05, 0) is 19.9 Å². The van der Waals surface area contributed by atoms with E-state index in [9.17, 15) is 9.05 Å². The van der Waals surface area contributed by atoms with Crippen LogP contribution in [0.4, 0.5) is 9.05 Å². The summed E-state index contributed by atoms with van der Waals surface area (Å²) in [5.74, 6) is 0.411. The molecular weight excluding hydrogens is 285 g/mol. The van der Waals surface area contributed by atoms with Gasteiger partial charge in [-0.3, -0.25) is 0 Å². The van der Waals surface area contributed by atoms with Crippen LogP contribution in [0.3, 0.4) is 0 Å². The van der Waals surface area contributed by atoms with Gasteiger partial charge in [0.25, 0.3) is 0 Å². The fraction of sp³-hybridized carbons (Fsp3) is 0.571. The fourth-order valence-electron chi connectivity index (χ4n) is 1.93. The van der Waals surface area contributed by atoms with Crippen molar-refractivity contribution in [3.05, 3.63) is 29.3 Å². The monoisotopic (exact) mass is 306 g/mol. The van der Waals surface area contributed by atoms with Crippen LogP contribution in [-0.2, 0) is 20.3 Å². The maximum Gasteiger partial charge on any atom is 0.465 e. The maximum absolute atomic E-state index is 12.2. The molecule has 0 aliphatic heterocycles. The summed E-state index contributed by atoms with van der Waals surface area (Å²) in [4.78, 5) is 0. The zero-order valence-electron chi connectivity index (χ0n) is 12.7. The quantitative estimate of drug-likeness (QED) is 0.669. The van der Waals surface area contributed by atoms with Gasteiger partial charge in [-0.1, -0.05) is 69.2 Å². The standard InChI is InChI=1S/C14H21F2O3P/c1-13(2,3)10-8-7-9-11(14(4,5)6)12(10)17-20(18-15)19-16/h7-9H,1-6H3. The highest BCUT2D eigenvalue weighted by Crippen LogP contribution is 2.48. The fourth-order valence-corrected chi connectivity index (χ4v) is 2.35. The minimum Gasteiger partial charge on any atom is -0.423 e. The summed E-state index contributed by atoms with van der Waals surface area (Å²) >= 11 is 0. The van der Waals surface area contributed by atoms with Crippen LogP contribution in [-0.4, -0.2) is 0 Å². The number of hydrogen-bond acceptors (Lipinski definition) is 3. The maximum atomic E-state index is 12.2. The van der Waals surface area contributed by atoms with Crippen LogP contribution in [0.1, 0.15) is 52.7 Å². The average molecular weight is 306 g/mol. The Kier molecular flexibility index (Phi) is 5.47. The van der Waals surface area contributed by atoms with Crippen LogP contribution in [0.15, 0.2) is 18.2 Å². The molecule has 1 rings (SSSR count). The molecule has 0 saturated carbocycles. The minimum atomic E-state index is -2.69. The number of para-hydroxylation sites is 1. The molecule has 0 aliphatic rings. The third kappa shape index (κ3) is 4.11. The van der Waals surface area contributed by atoms with E-state index in [1.807, 2.05) is 59.7 Å². The van der Waals surface area contributed by atoms with Gasteiger partial charge in [-0.15, -0.1) is 0 Å². The van der Waals surface area contributed by atoms with Gasteiger partial charge >= 0.3 is 8.60 Å². The molecule has 0 radical (unpaired) electrons. The van der Waals surface area contributed by atoms with Gasteiger partial charge in [0.05, 0.1) is 0 Å². The largest absolute Gasteiger partial charge is 0.465 e. The molecule has 114 valence electrons. The van der Waals surface area contributed by atoms with Gasteiger partial charge < -0.3 is 4.52 Å². The second-order valence-corrected chi connectivity index (χ2v) is 7.54. The molecule has 0 aliphatic carbocycles. The van der Waals surface area contributed by atoms with Crippen molar-refractivity contribution < 1.29 is 23.0 Å². The Morgan fingerprint density at radius 3 is 1.55 bits per heavy atom. The van der Waals surface area contributed by atoms with Crippen LogP contribution < -0.4 is 4.52 Å². The van der Waals surface area contributed by atoms with Crippen LogP contribution in [0.5, 0.6) is 5.75 Å². The van der Waals surface area contributed by atoms with Crippen LogP contribution in [0.2, 0.25) is 0 Å².